The standard InChI is InChI=1S/C23H28N4O7S2/c1-23(2,3)11-17(24-22(30)34-15-7-10-35-14-15)21(29)26-9-6-18-20(26)19(28)13-27(18)36(32,33)16-5-4-8-25(31)12-16/h4-5,7-8,10,12,14,17-18,20H,6,9,11,13H2,1-3H3,(H,24,30). The fourth-order valence-corrected chi connectivity index (χ4v) is 6.85. The number of thiophene rings is 1. The minimum absolute atomic E-state index is 0.157. The monoisotopic (exact) mass is 536 g/mol. The van der Waals surface area contributed by atoms with Crippen LogP contribution in [0.5, 0.6) is 5.75 Å². The lowest BCUT2D eigenvalue weighted by molar-refractivity contribution is -0.607. The Balaban J connectivity index is 1.54. The SMILES string of the molecule is CC(C)(C)CC(NC(=O)Oc1ccsc1)C(=O)N1CCC2C1C(=O)CN2S(=O)(=O)c1ccc[n+]([O-])c1. The normalized spacial score (nSPS) is 21.3. The van der Waals surface area contributed by atoms with Crippen LogP contribution in [0.15, 0.2) is 46.2 Å². The maximum atomic E-state index is 13.6. The Kier molecular flexibility index (Phi) is 7.08. The average Bonchev–Trinajstić information content (AvgIpc) is 3.51. The van der Waals surface area contributed by atoms with Crippen LogP contribution in [0.25, 0.3) is 0 Å². The van der Waals surface area contributed by atoms with Crippen molar-refractivity contribution in [2.24, 2.45) is 5.41 Å². The van der Waals surface area contributed by atoms with Gasteiger partial charge in [0.15, 0.2) is 18.2 Å². The van der Waals surface area contributed by atoms with Crippen LogP contribution in [0.4, 0.5) is 4.79 Å². The molecule has 4 rings (SSSR count). The molecule has 11 nitrogen and oxygen atoms in total. The van der Waals surface area contributed by atoms with E-state index >= 15 is 0 Å². The molecule has 3 unspecified atom stereocenters. The number of nitrogens with one attached hydrogen (secondary N) is 1. The summed E-state index contributed by atoms with van der Waals surface area (Å²) in [5.41, 5.74) is -0.342. The second-order valence-electron chi connectivity index (χ2n) is 10.1. The molecule has 2 aromatic heterocycles. The van der Waals surface area contributed by atoms with E-state index in [9.17, 15) is 28.0 Å². The van der Waals surface area contributed by atoms with E-state index in [4.69, 9.17) is 4.74 Å². The summed E-state index contributed by atoms with van der Waals surface area (Å²) in [5, 5.41) is 17.7. The number of rotatable bonds is 6. The lowest BCUT2D eigenvalue weighted by Gasteiger charge is -2.31. The minimum atomic E-state index is -4.13. The summed E-state index contributed by atoms with van der Waals surface area (Å²) in [7, 11) is -4.13. The van der Waals surface area contributed by atoms with Crippen molar-refractivity contribution in [2.75, 3.05) is 13.1 Å². The van der Waals surface area contributed by atoms with E-state index in [0.29, 0.717) is 10.5 Å². The predicted octanol–water partition coefficient (Wildman–Crippen LogP) is 1.52. The van der Waals surface area contributed by atoms with Gasteiger partial charge in [0.25, 0.3) is 0 Å². The van der Waals surface area contributed by atoms with Gasteiger partial charge in [-0.2, -0.15) is 9.04 Å². The molecule has 0 bridgehead atoms. The number of hydrogen-bond donors (Lipinski definition) is 1. The lowest BCUT2D eigenvalue weighted by atomic mass is 9.87. The summed E-state index contributed by atoms with van der Waals surface area (Å²) in [6.07, 6.45) is 1.85. The fraction of sp³-hybridized carbons (Fsp3) is 0.478. The van der Waals surface area contributed by atoms with E-state index in [0.717, 1.165) is 10.5 Å². The van der Waals surface area contributed by atoms with Gasteiger partial charge in [-0.1, -0.05) is 20.8 Å². The molecule has 2 amide bonds. The number of pyridine rings is 1. The van der Waals surface area contributed by atoms with Crippen LogP contribution in [0.3, 0.4) is 0 Å². The van der Waals surface area contributed by atoms with Crippen LogP contribution in [0.2, 0.25) is 0 Å². The zero-order chi connectivity index (χ0) is 26.3. The van der Waals surface area contributed by atoms with E-state index in [2.05, 4.69) is 5.32 Å². The largest absolute Gasteiger partial charge is 0.619 e. The predicted molar refractivity (Wildman–Crippen MR) is 130 cm³/mol. The molecule has 36 heavy (non-hydrogen) atoms. The number of hydrogen-bond acceptors (Lipinski definition) is 8. The first kappa shape index (κ1) is 26.0. The van der Waals surface area contributed by atoms with E-state index in [1.165, 1.54) is 34.6 Å². The van der Waals surface area contributed by atoms with Gasteiger partial charge in [0.05, 0.1) is 12.6 Å². The number of amides is 2. The second-order valence-corrected chi connectivity index (χ2v) is 12.7. The quantitative estimate of drug-likeness (QED) is 0.436. The average molecular weight is 537 g/mol. The number of carbonyl (C=O) groups is 3. The number of sulfonamides is 1. The van der Waals surface area contributed by atoms with Crippen molar-refractivity contribution in [1.29, 1.82) is 0 Å². The first-order chi connectivity index (χ1) is 16.9. The van der Waals surface area contributed by atoms with Gasteiger partial charge >= 0.3 is 6.09 Å². The molecule has 2 aromatic rings. The summed E-state index contributed by atoms with van der Waals surface area (Å²) >= 11 is 1.36. The van der Waals surface area contributed by atoms with E-state index in [-0.39, 0.29) is 29.7 Å². The minimum Gasteiger partial charge on any atom is -0.619 e. The third kappa shape index (κ3) is 5.37. The van der Waals surface area contributed by atoms with Crippen molar-refractivity contribution < 1.29 is 32.3 Å². The van der Waals surface area contributed by atoms with Crippen LogP contribution < -0.4 is 14.8 Å². The molecule has 2 aliphatic rings. The highest BCUT2D eigenvalue weighted by Crippen LogP contribution is 2.35. The molecule has 3 atom stereocenters. The van der Waals surface area contributed by atoms with E-state index in [1.54, 1.807) is 16.8 Å². The number of Topliss-reactive ketones (excluding diaryl/α,β-unsaturated/α-hetero) is 1. The van der Waals surface area contributed by atoms with Crippen molar-refractivity contribution in [3.63, 3.8) is 0 Å². The first-order valence-electron chi connectivity index (χ1n) is 11.4. The summed E-state index contributed by atoms with van der Waals surface area (Å²) in [5.74, 6) is -0.520. The lowest BCUT2D eigenvalue weighted by Crippen LogP contribution is -2.54. The molecule has 0 aromatic carbocycles. The van der Waals surface area contributed by atoms with Gasteiger partial charge in [-0.15, -0.1) is 11.3 Å². The van der Waals surface area contributed by atoms with Crippen molar-refractivity contribution >= 4 is 39.1 Å². The van der Waals surface area contributed by atoms with Crippen LogP contribution in [-0.2, 0) is 19.6 Å². The number of ether oxygens (including phenoxy) is 1. The number of aromatic nitrogens is 1. The molecule has 0 spiro atoms. The second kappa shape index (κ2) is 9.79. The number of fused-ring (bicyclic) bond motifs is 1. The molecule has 4 heterocycles. The maximum Gasteiger partial charge on any atom is 0.413 e. The van der Waals surface area contributed by atoms with Gasteiger partial charge in [-0.25, -0.2) is 13.2 Å². The Labute approximate surface area is 213 Å². The zero-order valence-corrected chi connectivity index (χ0v) is 21.8. The molecule has 13 heteroatoms. The summed E-state index contributed by atoms with van der Waals surface area (Å²) in [4.78, 5) is 40.3. The smallest absolute Gasteiger partial charge is 0.413 e. The highest BCUT2D eigenvalue weighted by Gasteiger charge is 2.54. The zero-order valence-electron chi connectivity index (χ0n) is 20.1. The van der Waals surface area contributed by atoms with E-state index < -0.39 is 52.5 Å². The number of ketones is 1. The molecular weight excluding hydrogens is 508 g/mol. The highest BCUT2D eigenvalue weighted by molar-refractivity contribution is 7.89. The van der Waals surface area contributed by atoms with Gasteiger partial charge < -0.3 is 20.2 Å². The summed E-state index contributed by atoms with van der Waals surface area (Å²) in [6, 6.07) is 1.55. The third-order valence-corrected chi connectivity index (χ3v) is 8.64. The number of carbonyl (C=O) groups excluding carboxylic acids is 3. The Morgan fingerprint density at radius 2 is 2.08 bits per heavy atom. The topological polar surface area (TPSA) is 140 Å². The summed E-state index contributed by atoms with van der Waals surface area (Å²) < 4.78 is 33.1. The Bertz CT molecular complexity index is 1260. The molecule has 2 aliphatic heterocycles. The van der Waals surface area contributed by atoms with E-state index in [1.807, 2.05) is 20.8 Å². The maximum absolute atomic E-state index is 13.6. The highest BCUT2D eigenvalue weighted by atomic mass is 32.2. The molecule has 0 saturated carbocycles. The molecule has 0 aliphatic carbocycles. The van der Waals surface area contributed by atoms with Gasteiger partial charge in [-0.3, -0.25) is 9.59 Å². The molecule has 1 N–H and O–H groups in total. The summed E-state index contributed by atoms with van der Waals surface area (Å²) in [6.45, 7) is 5.52. The van der Waals surface area contributed by atoms with Crippen LogP contribution in [0.1, 0.15) is 33.6 Å². The van der Waals surface area contributed by atoms with Gasteiger partial charge in [-0.05, 0) is 35.8 Å². The van der Waals surface area contributed by atoms with Crippen molar-refractivity contribution in [3.8, 4) is 5.75 Å². The van der Waals surface area contributed by atoms with Gasteiger partial charge in [0.2, 0.25) is 15.9 Å². The Morgan fingerprint density at radius 1 is 1.33 bits per heavy atom. The van der Waals surface area contributed by atoms with Crippen LogP contribution in [0, 0.1) is 10.6 Å². The van der Waals surface area contributed by atoms with Gasteiger partial charge in [0, 0.05) is 18.0 Å². The van der Waals surface area contributed by atoms with Crippen LogP contribution in [-0.4, -0.2) is 66.6 Å². The molecule has 2 fully saturated rings. The number of likely N-dealkylation sites (tertiary alicyclic amines) is 1. The third-order valence-electron chi connectivity index (χ3n) is 6.13. The van der Waals surface area contributed by atoms with Crippen LogP contribution >= 0.6 is 11.3 Å². The fourth-order valence-electron chi connectivity index (χ4n) is 4.66. The molecular formula is C23H28N4O7S2. The number of nitrogens with zero attached hydrogens (tertiary/aromatic N) is 3. The first-order valence-corrected chi connectivity index (χ1v) is 13.8. The molecule has 2 saturated heterocycles. The van der Waals surface area contributed by atoms with Crippen molar-refractivity contribution in [1.82, 2.24) is 14.5 Å². The molecule has 194 valence electrons. The van der Waals surface area contributed by atoms with Crippen molar-refractivity contribution in [3.05, 3.63) is 46.6 Å². The Hall–Kier alpha value is -3.03. The Morgan fingerprint density at radius 3 is 2.72 bits per heavy atom. The van der Waals surface area contributed by atoms with Gasteiger partial charge in [0.1, 0.15) is 22.7 Å². The van der Waals surface area contributed by atoms with Crippen molar-refractivity contribution in [2.45, 2.75) is 56.6 Å². The molecule has 0 radical (unpaired) electrons.